The summed E-state index contributed by atoms with van der Waals surface area (Å²) >= 11 is 0. The fraction of sp³-hybridized carbons (Fsp3) is 0.231. The van der Waals surface area contributed by atoms with Gasteiger partial charge in [-0.3, -0.25) is 9.59 Å². The number of anilines is 1. The first kappa shape index (κ1) is 12.2. The molecule has 2 amide bonds. The number of nitrogens with one attached hydrogen (secondary N) is 2. The molecule has 0 fully saturated rings. The number of benzene rings is 1. The van der Waals surface area contributed by atoms with Crippen LogP contribution in [-0.4, -0.2) is 25.0 Å². The number of fused-ring (bicyclic) bond motifs is 1. The van der Waals surface area contributed by atoms with Gasteiger partial charge in [-0.15, -0.1) is 6.58 Å². The number of carbonyl (C=O) groups is 2. The van der Waals surface area contributed by atoms with Crippen LogP contribution in [0.1, 0.15) is 16.8 Å². The highest BCUT2D eigenvalue weighted by molar-refractivity contribution is 5.98. The van der Waals surface area contributed by atoms with Crippen LogP contribution in [0.15, 0.2) is 30.9 Å². The topological polar surface area (TPSA) is 67.4 Å². The lowest BCUT2D eigenvalue weighted by Crippen LogP contribution is -2.23. The molecule has 1 aromatic carbocycles. The van der Waals surface area contributed by atoms with Crippen LogP contribution in [0.3, 0.4) is 0 Å². The summed E-state index contributed by atoms with van der Waals surface area (Å²) in [5.74, 6) is 0.259. The second-order valence-electron chi connectivity index (χ2n) is 3.86. The van der Waals surface area contributed by atoms with Crippen LogP contribution in [0, 0.1) is 0 Å². The smallest absolute Gasteiger partial charge is 0.251 e. The van der Waals surface area contributed by atoms with Gasteiger partial charge in [0.15, 0.2) is 0 Å². The zero-order valence-electron chi connectivity index (χ0n) is 9.86. The summed E-state index contributed by atoms with van der Waals surface area (Å²) in [7, 11) is 0. The molecule has 1 aliphatic heterocycles. The average molecular weight is 246 g/mol. The van der Waals surface area contributed by atoms with Crippen LogP contribution in [0.5, 0.6) is 5.75 Å². The maximum Gasteiger partial charge on any atom is 0.251 e. The van der Waals surface area contributed by atoms with E-state index in [0.29, 0.717) is 36.6 Å². The van der Waals surface area contributed by atoms with Crippen molar-refractivity contribution in [2.45, 2.75) is 6.42 Å². The first-order valence-corrected chi connectivity index (χ1v) is 5.66. The van der Waals surface area contributed by atoms with Gasteiger partial charge in [-0.1, -0.05) is 6.08 Å². The molecule has 0 unspecified atom stereocenters. The summed E-state index contributed by atoms with van der Waals surface area (Å²) in [4.78, 5) is 23.1. The van der Waals surface area contributed by atoms with Gasteiger partial charge in [0, 0.05) is 12.1 Å². The highest BCUT2D eigenvalue weighted by Gasteiger charge is 2.15. The van der Waals surface area contributed by atoms with Gasteiger partial charge in [0.25, 0.3) is 5.91 Å². The molecule has 0 radical (unpaired) electrons. The summed E-state index contributed by atoms with van der Waals surface area (Å²) in [6, 6.07) is 4.95. The molecule has 18 heavy (non-hydrogen) atoms. The van der Waals surface area contributed by atoms with E-state index in [9.17, 15) is 9.59 Å². The van der Waals surface area contributed by atoms with Crippen molar-refractivity contribution >= 4 is 17.5 Å². The molecule has 0 bridgehead atoms. The molecule has 0 saturated carbocycles. The van der Waals surface area contributed by atoms with Crippen molar-refractivity contribution in [3.8, 4) is 5.75 Å². The molecule has 0 atom stereocenters. The van der Waals surface area contributed by atoms with Crippen molar-refractivity contribution in [2.24, 2.45) is 0 Å². The van der Waals surface area contributed by atoms with E-state index in [-0.39, 0.29) is 11.8 Å². The summed E-state index contributed by atoms with van der Waals surface area (Å²) in [5.41, 5.74) is 1.00. The third kappa shape index (κ3) is 2.68. The normalized spacial score (nSPS) is 13.7. The largest absolute Gasteiger partial charge is 0.491 e. The van der Waals surface area contributed by atoms with Crippen LogP contribution < -0.4 is 15.4 Å². The van der Waals surface area contributed by atoms with E-state index in [4.69, 9.17) is 4.74 Å². The quantitative estimate of drug-likeness (QED) is 0.790. The van der Waals surface area contributed by atoms with Crippen molar-refractivity contribution in [2.75, 3.05) is 18.5 Å². The predicted octanol–water partition coefficient (Wildman–Crippen LogP) is 1.32. The van der Waals surface area contributed by atoms with Crippen LogP contribution in [0.25, 0.3) is 0 Å². The molecule has 0 aromatic heterocycles. The summed E-state index contributed by atoms with van der Waals surface area (Å²) in [6.45, 7) is 4.28. The van der Waals surface area contributed by atoms with Crippen LogP contribution in [0.2, 0.25) is 0 Å². The van der Waals surface area contributed by atoms with Gasteiger partial charge in [0.2, 0.25) is 5.91 Å². The lowest BCUT2D eigenvalue weighted by Gasteiger charge is -2.09. The van der Waals surface area contributed by atoms with Gasteiger partial charge in [0.05, 0.1) is 18.7 Å². The van der Waals surface area contributed by atoms with E-state index >= 15 is 0 Å². The monoisotopic (exact) mass is 246 g/mol. The molecule has 1 aromatic rings. The molecule has 5 heteroatoms. The highest BCUT2D eigenvalue weighted by atomic mass is 16.5. The van der Waals surface area contributed by atoms with Crippen LogP contribution in [-0.2, 0) is 4.79 Å². The van der Waals surface area contributed by atoms with Gasteiger partial charge in [-0.25, -0.2) is 0 Å². The standard InChI is InChI=1S/C13H14N2O3/c1-2-6-14-13(17)9-3-4-11-10(8-9)15-12(16)5-7-18-11/h2-4,8H,1,5-7H2,(H,14,17)(H,15,16). The maximum atomic E-state index is 11.7. The molecule has 5 nitrogen and oxygen atoms in total. The van der Waals surface area contributed by atoms with Crippen LogP contribution >= 0.6 is 0 Å². The summed E-state index contributed by atoms with van der Waals surface area (Å²) < 4.78 is 5.40. The van der Waals surface area contributed by atoms with Crippen molar-refractivity contribution < 1.29 is 14.3 Å². The number of ether oxygens (including phenoxy) is 1. The van der Waals surface area contributed by atoms with Crippen LogP contribution in [0.4, 0.5) is 5.69 Å². The molecule has 2 N–H and O–H groups in total. The van der Waals surface area contributed by atoms with Gasteiger partial charge in [0.1, 0.15) is 5.75 Å². The van der Waals surface area contributed by atoms with Crippen molar-refractivity contribution in [1.82, 2.24) is 5.32 Å². The lowest BCUT2D eigenvalue weighted by molar-refractivity contribution is -0.116. The Morgan fingerprint density at radius 1 is 1.56 bits per heavy atom. The molecule has 0 aliphatic carbocycles. The maximum absolute atomic E-state index is 11.7. The summed E-state index contributed by atoms with van der Waals surface area (Å²) in [5, 5.41) is 5.38. The zero-order chi connectivity index (χ0) is 13.0. The number of carbonyl (C=O) groups excluding carboxylic acids is 2. The Hall–Kier alpha value is -2.30. The minimum atomic E-state index is -0.212. The fourth-order valence-corrected chi connectivity index (χ4v) is 1.63. The number of hydrogen-bond donors (Lipinski definition) is 2. The van der Waals surface area contributed by atoms with Gasteiger partial charge in [-0.2, -0.15) is 0 Å². The Balaban J connectivity index is 2.22. The Labute approximate surface area is 105 Å². The van der Waals surface area contributed by atoms with E-state index in [1.165, 1.54) is 0 Å². The minimum Gasteiger partial charge on any atom is -0.491 e. The Bertz CT molecular complexity index is 497. The molecular formula is C13H14N2O3. The van der Waals surface area contributed by atoms with E-state index < -0.39 is 0 Å². The van der Waals surface area contributed by atoms with Gasteiger partial charge >= 0.3 is 0 Å². The molecule has 1 heterocycles. The SMILES string of the molecule is C=CCNC(=O)c1ccc2c(c1)NC(=O)CCO2. The number of amides is 2. The van der Waals surface area contributed by atoms with Gasteiger partial charge in [-0.05, 0) is 18.2 Å². The van der Waals surface area contributed by atoms with E-state index in [2.05, 4.69) is 17.2 Å². The van der Waals surface area contributed by atoms with Crippen molar-refractivity contribution in [3.63, 3.8) is 0 Å². The molecule has 0 spiro atoms. The van der Waals surface area contributed by atoms with E-state index in [1.54, 1.807) is 24.3 Å². The summed E-state index contributed by atoms with van der Waals surface area (Å²) in [6.07, 6.45) is 1.92. The fourth-order valence-electron chi connectivity index (χ4n) is 1.63. The zero-order valence-corrected chi connectivity index (χ0v) is 9.86. The van der Waals surface area contributed by atoms with E-state index in [1.807, 2.05) is 0 Å². The average Bonchev–Trinajstić information content (AvgIpc) is 2.55. The van der Waals surface area contributed by atoms with Crippen molar-refractivity contribution in [1.29, 1.82) is 0 Å². The third-order valence-corrected chi connectivity index (χ3v) is 2.51. The molecule has 0 saturated heterocycles. The third-order valence-electron chi connectivity index (χ3n) is 2.51. The second kappa shape index (κ2) is 5.35. The molecule has 94 valence electrons. The first-order chi connectivity index (χ1) is 8.70. The first-order valence-electron chi connectivity index (χ1n) is 5.66. The highest BCUT2D eigenvalue weighted by Crippen LogP contribution is 2.27. The van der Waals surface area contributed by atoms with E-state index in [0.717, 1.165) is 0 Å². The molecule has 2 rings (SSSR count). The Morgan fingerprint density at radius 2 is 2.39 bits per heavy atom. The Morgan fingerprint density at radius 3 is 3.17 bits per heavy atom. The molecule has 1 aliphatic rings. The van der Waals surface area contributed by atoms with Crippen molar-refractivity contribution in [3.05, 3.63) is 36.4 Å². The number of rotatable bonds is 3. The lowest BCUT2D eigenvalue weighted by atomic mass is 10.1. The second-order valence-corrected chi connectivity index (χ2v) is 3.86. The predicted molar refractivity (Wildman–Crippen MR) is 67.7 cm³/mol. The minimum absolute atomic E-state index is 0.114. The van der Waals surface area contributed by atoms with Gasteiger partial charge < -0.3 is 15.4 Å². The Kier molecular flexibility index (Phi) is 3.62. The molecular weight excluding hydrogens is 232 g/mol. The number of hydrogen-bond acceptors (Lipinski definition) is 3.